The molecule has 84 valence electrons. The predicted octanol–water partition coefficient (Wildman–Crippen LogP) is 3.71. The average molecular weight is 220 g/mol. The molecular formula is C8H10F6. The number of hydrogen-bond acceptors (Lipinski definition) is 0. The highest BCUT2D eigenvalue weighted by Crippen LogP contribution is 2.66. The van der Waals surface area contributed by atoms with E-state index in [1.807, 2.05) is 0 Å². The Hall–Kier alpha value is -0.420. The fourth-order valence-electron chi connectivity index (χ4n) is 1.70. The van der Waals surface area contributed by atoms with Gasteiger partial charge in [0.2, 0.25) is 0 Å². The lowest BCUT2D eigenvalue weighted by Crippen LogP contribution is -2.49. The molecule has 0 saturated heterocycles. The largest absolute Gasteiger partial charge is 0.321 e. The van der Waals surface area contributed by atoms with Crippen molar-refractivity contribution in [2.75, 3.05) is 0 Å². The first kappa shape index (κ1) is 11.7. The van der Waals surface area contributed by atoms with Crippen LogP contribution in [0.1, 0.15) is 26.7 Å². The van der Waals surface area contributed by atoms with Gasteiger partial charge in [-0.15, -0.1) is 0 Å². The van der Waals surface area contributed by atoms with E-state index in [9.17, 15) is 26.3 Å². The molecule has 1 saturated carbocycles. The molecule has 1 fully saturated rings. The van der Waals surface area contributed by atoms with Crippen LogP contribution >= 0.6 is 0 Å². The van der Waals surface area contributed by atoms with Gasteiger partial charge in [0.1, 0.15) is 5.41 Å². The van der Waals surface area contributed by atoms with Crippen LogP contribution in [0.25, 0.3) is 0 Å². The van der Waals surface area contributed by atoms with Crippen LogP contribution in [0.4, 0.5) is 26.3 Å². The van der Waals surface area contributed by atoms with Crippen molar-refractivity contribution in [3.63, 3.8) is 0 Å². The van der Waals surface area contributed by atoms with E-state index in [-0.39, 0.29) is 0 Å². The normalized spacial score (nSPS) is 38.6. The van der Waals surface area contributed by atoms with Crippen LogP contribution in [-0.2, 0) is 0 Å². The zero-order chi connectivity index (χ0) is 11.4. The van der Waals surface area contributed by atoms with Crippen molar-refractivity contribution in [3.05, 3.63) is 0 Å². The van der Waals surface area contributed by atoms with Crippen molar-refractivity contribution >= 4 is 0 Å². The zero-order valence-electron chi connectivity index (χ0n) is 7.68. The van der Waals surface area contributed by atoms with Gasteiger partial charge in [0.05, 0.1) is 6.42 Å². The third-order valence-corrected chi connectivity index (χ3v) is 3.11. The van der Waals surface area contributed by atoms with Gasteiger partial charge in [-0.3, -0.25) is 0 Å². The lowest BCUT2D eigenvalue weighted by Gasteiger charge is -2.34. The van der Waals surface area contributed by atoms with Crippen molar-refractivity contribution in [1.82, 2.24) is 0 Å². The van der Waals surface area contributed by atoms with Gasteiger partial charge in [0, 0.05) is 0 Å². The summed E-state index contributed by atoms with van der Waals surface area (Å²) in [6.45, 7) is 1.57. The van der Waals surface area contributed by atoms with E-state index < -0.39 is 36.0 Å². The smallest absolute Gasteiger partial charge is 0.206 e. The number of hydrogen-bond donors (Lipinski definition) is 0. The molecule has 0 aromatic carbocycles. The molecule has 0 N–H and O–H groups in total. The first-order chi connectivity index (χ1) is 6.02. The summed E-state index contributed by atoms with van der Waals surface area (Å²) in [6.07, 6.45) is -2.76. The Labute approximate surface area is 77.3 Å². The van der Waals surface area contributed by atoms with Crippen LogP contribution in [0.2, 0.25) is 0 Å². The summed E-state index contributed by atoms with van der Waals surface area (Å²) in [6, 6.07) is 0. The van der Waals surface area contributed by atoms with Gasteiger partial charge in [-0.25, -0.2) is 8.78 Å². The van der Waals surface area contributed by atoms with E-state index in [2.05, 4.69) is 0 Å². The summed E-state index contributed by atoms with van der Waals surface area (Å²) in [5.41, 5.74) is -2.95. The fourth-order valence-corrected chi connectivity index (χ4v) is 1.70. The summed E-state index contributed by atoms with van der Waals surface area (Å²) in [7, 11) is 0. The maximum Gasteiger partial charge on any atom is 0.321 e. The molecule has 1 aliphatic carbocycles. The van der Waals surface area contributed by atoms with Crippen molar-refractivity contribution in [3.8, 4) is 0 Å². The lowest BCUT2D eigenvalue weighted by molar-refractivity contribution is -0.244. The van der Waals surface area contributed by atoms with Gasteiger partial charge in [-0.2, -0.15) is 17.6 Å². The standard InChI is InChI=1S/C8H10F6/c1-3-5(2)6(9,10)4-7(11,12)8(5,13)14/h3-4H2,1-2H3. The van der Waals surface area contributed by atoms with E-state index in [0.29, 0.717) is 6.92 Å². The van der Waals surface area contributed by atoms with Crippen molar-refractivity contribution < 1.29 is 26.3 Å². The van der Waals surface area contributed by atoms with E-state index in [0.717, 1.165) is 6.92 Å². The molecule has 0 radical (unpaired) electrons. The van der Waals surface area contributed by atoms with Gasteiger partial charge in [-0.05, 0) is 13.3 Å². The second-order valence-electron chi connectivity index (χ2n) is 3.85. The molecule has 0 bridgehead atoms. The van der Waals surface area contributed by atoms with Gasteiger partial charge in [0.25, 0.3) is 5.92 Å². The summed E-state index contributed by atoms with van der Waals surface area (Å²) >= 11 is 0. The van der Waals surface area contributed by atoms with Crippen LogP contribution < -0.4 is 0 Å². The minimum atomic E-state index is -4.65. The minimum Gasteiger partial charge on any atom is -0.206 e. The van der Waals surface area contributed by atoms with Crippen LogP contribution in [0, 0.1) is 5.41 Å². The molecule has 0 nitrogen and oxygen atoms in total. The van der Waals surface area contributed by atoms with E-state index in [1.165, 1.54) is 0 Å². The van der Waals surface area contributed by atoms with Crippen LogP contribution in [0.15, 0.2) is 0 Å². The highest BCUT2D eigenvalue weighted by Gasteiger charge is 2.82. The highest BCUT2D eigenvalue weighted by molar-refractivity contribution is 5.13. The molecule has 0 heterocycles. The SMILES string of the molecule is CCC1(C)C(F)(F)CC(F)(F)C1(F)F. The summed E-state index contributed by atoms with van der Waals surface area (Å²) in [5, 5.41) is 0. The van der Waals surface area contributed by atoms with Gasteiger partial charge in [-0.1, -0.05) is 6.92 Å². The van der Waals surface area contributed by atoms with Gasteiger partial charge < -0.3 is 0 Å². The lowest BCUT2D eigenvalue weighted by atomic mass is 9.80. The highest BCUT2D eigenvalue weighted by atomic mass is 19.3. The maximum absolute atomic E-state index is 13.0. The topological polar surface area (TPSA) is 0 Å². The summed E-state index contributed by atoms with van der Waals surface area (Å²) in [5.74, 6) is -13.3. The van der Waals surface area contributed by atoms with Crippen molar-refractivity contribution in [2.24, 2.45) is 5.41 Å². The second kappa shape index (κ2) is 2.58. The zero-order valence-corrected chi connectivity index (χ0v) is 7.68. The average Bonchev–Trinajstić information content (AvgIpc) is 2.07. The monoisotopic (exact) mass is 220 g/mol. The fraction of sp³-hybridized carbons (Fsp3) is 1.00. The Morgan fingerprint density at radius 3 is 1.50 bits per heavy atom. The van der Waals surface area contributed by atoms with E-state index in [1.54, 1.807) is 0 Å². The van der Waals surface area contributed by atoms with E-state index >= 15 is 0 Å². The third-order valence-electron chi connectivity index (χ3n) is 3.11. The molecule has 0 amide bonds. The Kier molecular flexibility index (Phi) is 2.15. The minimum absolute atomic E-state index is 0.508. The molecule has 0 aliphatic heterocycles. The Bertz CT molecular complexity index is 246. The van der Waals surface area contributed by atoms with Gasteiger partial charge >= 0.3 is 11.8 Å². The van der Waals surface area contributed by atoms with Gasteiger partial charge in [0.15, 0.2) is 0 Å². The van der Waals surface area contributed by atoms with Crippen molar-refractivity contribution in [2.45, 2.75) is 44.5 Å². The molecule has 6 heteroatoms. The molecule has 0 spiro atoms. The van der Waals surface area contributed by atoms with Crippen LogP contribution in [-0.4, -0.2) is 17.8 Å². The molecule has 1 rings (SSSR count). The molecule has 0 aromatic heterocycles. The Morgan fingerprint density at radius 2 is 1.36 bits per heavy atom. The number of alkyl halides is 6. The first-order valence-corrected chi connectivity index (χ1v) is 4.15. The number of rotatable bonds is 1. The second-order valence-corrected chi connectivity index (χ2v) is 3.85. The predicted molar refractivity (Wildman–Crippen MR) is 37.9 cm³/mol. The summed E-state index contributed by atoms with van der Waals surface area (Å²) < 4.78 is 77.5. The Balaban J connectivity index is 3.28. The molecular weight excluding hydrogens is 210 g/mol. The number of halogens is 6. The molecule has 0 aromatic rings. The van der Waals surface area contributed by atoms with E-state index in [4.69, 9.17) is 0 Å². The Morgan fingerprint density at radius 1 is 0.929 bits per heavy atom. The van der Waals surface area contributed by atoms with Crippen LogP contribution in [0.3, 0.4) is 0 Å². The molecule has 1 atom stereocenters. The molecule has 1 unspecified atom stereocenters. The third kappa shape index (κ3) is 1.02. The van der Waals surface area contributed by atoms with Crippen LogP contribution in [0.5, 0.6) is 0 Å². The first-order valence-electron chi connectivity index (χ1n) is 4.15. The summed E-state index contributed by atoms with van der Waals surface area (Å²) in [4.78, 5) is 0. The van der Waals surface area contributed by atoms with Crippen molar-refractivity contribution in [1.29, 1.82) is 0 Å². The maximum atomic E-state index is 13.0. The quantitative estimate of drug-likeness (QED) is 0.591. The molecule has 1 aliphatic rings. The molecule has 14 heavy (non-hydrogen) atoms.